The molecular formula is C10H16F3N5O. The molecule has 0 amide bonds. The number of nitrogen functional groups attached to an aromatic ring is 1. The van der Waals surface area contributed by atoms with Crippen molar-refractivity contribution in [3.05, 3.63) is 11.9 Å². The van der Waals surface area contributed by atoms with Crippen molar-refractivity contribution in [2.45, 2.75) is 32.0 Å². The van der Waals surface area contributed by atoms with Crippen molar-refractivity contribution in [3.63, 3.8) is 0 Å². The van der Waals surface area contributed by atoms with Gasteiger partial charge in [-0.2, -0.15) is 13.2 Å². The van der Waals surface area contributed by atoms with Crippen LogP contribution < -0.4 is 16.6 Å². The Bertz CT molecular complexity index is 413. The SMILES string of the molecule is CCC(O)CCNc1cc(NN)nc(C(F)(F)F)n1. The number of hydrogen-bond acceptors (Lipinski definition) is 6. The lowest BCUT2D eigenvalue weighted by Gasteiger charge is -2.12. The molecule has 1 aromatic rings. The Labute approximate surface area is 108 Å². The Balaban J connectivity index is 2.77. The number of rotatable bonds is 6. The number of nitrogens with one attached hydrogen (secondary N) is 2. The van der Waals surface area contributed by atoms with E-state index in [9.17, 15) is 18.3 Å². The number of nitrogens with two attached hydrogens (primary N) is 1. The summed E-state index contributed by atoms with van der Waals surface area (Å²) in [4.78, 5) is 6.57. The summed E-state index contributed by atoms with van der Waals surface area (Å²) in [7, 11) is 0. The Morgan fingerprint density at radius 3 is 2.53 bits per heavy atom. The lowest BCUT2D eigenvalue weighted by atomic mass is 10.2. The van der Waals surface area contributed by atoms with Gasteiger partial charge in [-0.1, -0.05) is 6.92 Å². The maximum absolute atomic E-state index is 12.5. The smallest absolute Gasteiger partial charge is 0.393 e. The first kappa shape index (κ1) is 15.4. The van der Waals surface area contributed by atoms with E-state index in [0.29, 0.717) is 19.4 Å². The third-order valence-electron chi connectivity index (χ3n) is 2.38. The lowest BCUT2D eigenvalue weighted by molar-refractivity contribution is -0.144. The van der Waals surface area contributed by atoms with E-state index in [2.05, 4.69) is 15.3 Å². The van der Waals surface area contributed by atoms with Gasteiger partial charge in [0.05, 0.1) is 6.10 Å². The molecule has 0 aliphatic rings. The highest BCUT2D eigenvalue weighted by atomic mass is 19.4. The molecule has 1 heterocycles. The molecule has 108 valence electrons. The first-order chi connectivity index (χ1) is 8.86. The topological polar surface area (TPSA) is 96.1 Å². The molecule has 5 N–H and O–H groups in total. The van der Waals surface area contributed by atoms with E-state index < -0.39 is 18.1 Å². The van der Waals surface area contributed by atoms with Crippen molar-refractivity contribution in [2.75, 3.05) is 17.3 Å². The van der Waals surface area contributed by atoms with Gasteiger partial charge in [0.25, 0.3) is 0 Å². The molecule has 0 radical (unpaired) electrons. The average Bonchev–Trinajstić information content (AvgIpc) is 2.37. The van der Waals surface area contributed by atoms with E-state index in [1.807, 2.05) is 12.3 Å². The van der Waals surface area contributed by atoms with Crippen molar-refractivity contribution < 1.29 is 18.3 Å². The summed E-state index contributed by atoms with van der Waals surface area (Å²) >= 11 is 0. The molecule has 9 heteroatoms. The van der Waals surface area contributed by atoms with Crippen LogP contribution in [0.5, 0.6) is 0 Å². The summed E-state index contributed by atoms with van der Waals surface area (Å²) in [6, 6.07) is 1.26. The zero-order valence-electron chi connectivity index (χ0n) is 10.3. The predicted octanol–water partition coefficient (Wildman–Crippen LogP) is 1.35. The van der Waals surface area contributed by atoms with Crippen LogP contribution in [-0.2, 0) is 6.18 Å². The summed E-state index contributed by atoms with van der Waals surface area (Å²) in [5.41, 5.74) is 2.05. The van der Waals surface area contributed by atoms with Crippen molar-refractivity contribution >= 4 is 11.6 Å². The number of aromatic nitrogens is 2. The Morgan fingerprint density at radius 2 is 2.00 bits per heavy atom. The van der Waals surface area contributed by atoms with Gasteiger partial charge < -0.3 is 15.8 Å². The van der Waals surface area contributed by atoms with Crippen LogP contribution in [0.2, 0.25) is 0 Å². The molecule has 1 unspecified atom stereocenters. The number of halogens is 3. The van der Waals surface area contributed by atoms with Gasteiger partial charge in [0.1, 0.15) is 11.6 Å². The van der Waals surface area contributed by atoms with Crippen LogP contribution in [0, 0.1) is 0 Å². The van der Waals surface area contributed by atoms with Gasteiger partial charge in [0.15, 0.2) is 0 Å². The Morgan fingerprint density at radius 1 is 1.37 bits per heavy atom. The number of aliphatic hydroxyl groups is 1. The third-order valence-corrected chi connectivity index (χ3v) is 2.38. The van der Waals surface area contributed by atoms with Gasteiger partial charge >= 0.3 is 6.18 Å². The normalized spacial score (nSPS) is 13.2. The van der Waals surface area contributed by atoms with E-state index in [0.717, 1.165) is 0 Å². The summed E-state index contributed by atoms with van der Waals surface area (Å²) < 4.78 is 37.6. The number of hydrogen-bond donors (Lipinski definition) is 4. The molecule has 0 saturated carbocycles. The molecule has 6 nitrogen and oxygen atoms in total. The van der Waals surface area contributed by atoms with Crippen LogP contribution in [0.25, 0.3) is 0 Å². The number of aliphatic hydroxyl groups excluding tert-OH is 1. The molecule has 0 aliphatic carbocycles. The minimum atomic E-state index is -4.65. The first-order valence-corrected chi connectivity index (χ1v) is 5.71. The van der Waals surface area contributed by atoms with E-state index in [4.69, 9.17) is 5.84 Å². The molecule has 1 atom stereocenters. The molecule has 1 rings (SSSR count). The Kier molecular flexibility index (Phi) is 5.31. The Hall–Kier alpha value is -1.61. The highest BCUT2D eigenvalue weighted by Crippen LogP contribution is 2.28. The standard InChI is InChI=1S/C10H16F3N5O/c1-2-6(19)3-4-15-7-5-8(18-14)17-9(16-7)10(11,12)13/h5-6,19H,2-4,14H2,1H3,(H2,15,16,17,18). The highest BCUT2D eigenvalue weighted by Gasteiger charge is 2.35. The van der Waals surface area contributed by atoms with Crippen LogP contribution >= 0.6 is 0 Å². The van der Waals surface area contributed by atoms with Crippen molar-refractivity contribution in [1.29, 1.82) is 0 Å². The maximum Gasteiger partial charge on any atom is 0.451 e. The number of nitrogens with zero attached hydrogens (tertiary/aromatic N) is 2. The van der Waals surface area contributed by atoms with Gasteiger partial charge in [-0.25, -0.2) is 15.8 Å². The van der Waals surface area contributed by atoms with Crippen LogP contribution in [0.15, 0.2) is 6.07 Å². The van der Waals surface area contributed by atoms with E-state index in [-0.39, 0.29) is 11.6 Å². The van der Waals surface area contributed by atoms with Crippen molar-refractivity contribution in [1.82, 2.24) is 9.97 Å². The quantitative estimate of drug-likeness (QED) is 0.464. The first-order valence-electron chi connectivity index (χ1n) is 5.71. The van der Waals surface area contributed by atoms with Crippen LogP contribution in [-0.4, -0.2) is 27.7 Å². The van der Waals surface area contributed by atoms with Crippen LogP contribution in [0.3, 0.4) is 0 Å². The predicted molar refractivity (Wildman–Crippen MR) is 64.2 cm³/mol. The van der Waals surface area contributed by atoms with E-state index >= 15 is 0 Å². The second-order valence-electron chi connectivity index (χ2n) is 3.88. The third kappa shape index (κ3) is 4.87. The molecule has 0 saturated heterocycles. The zero-order chi connectivity index (χ0) is 14.5. The second kappa shape index (κ2) is 6.53. The monoisotopic (exact) mass is 279 g/mol. The summed E-state index contributed by atoms with van der Waals surface area (Å²) in [5.74, 6) is 3.64. The van der Waals surface area contributed by atoms with Crippen molar-refractivity contribution in [3.8, 4) is 0 Å². The van der Waals surface area contributed by atoms with Gasteiger partial charge in [-0.15, -0.1) is 0 Å². The molecule has 0 fully saturated rings. The van der Waals surface area contributed by atoms with Crippen LogP contribution in [0.1, 0.15) is 25.6 Å². The molecule has 19 heavy (non-hydrogen) atoms. The van der Waals surface area contributed by atoms with E-state index in [1.54, 1.807) is 0 Å². The van der Waals surface area contributed by atoms with Crippen LogP contribution in [0.4, 0.5) is 24.8 Å². The minimum absolute atomic E-state index is 0.00132. The largest absolute Gasteiger partial charge is 0.451 e. The van der Waals surface area contributed by atoms with E-state index in [1.165, 1.54) is 6.07 Å². The van der Waals surface area contributed by atoms with Gasteiger partial charge in [-0.3, -0.25) is 0 Å². The summed E-state index contributed by atoms with van der Waals surface area (Å²) in [6.45, 7) is 2.11. The summed E-state index contributed by atoms with van der Waals surface area (Å²) in [5, 5.41) is 12.0. The van der Waals surface area contributed by atoms with Gasteiger partial charge in [0, 0.05) is 12.6 Å². The van der Waals surface area contributed by atoms with Gasteiger partial charge in [0.2, 0.25) is 5.82 Å². The number of alkyl halides is 3. The fourth-order valence-corrected chi connectivity index (χ4v) is 1.31. The summed E-state index contributed by atoms with van der Waals surface area (Å²) in [6.07, 6.45) is -4.16. The molecule has 0 spiro atoms. The fourth-order valence-electron chi connectivity index (χ4n) is 1.31. The maximum atomic E-state index is 12.5. The average molecular weight is 279 g/mol. The molecule has 1 aromatic heterocycles. The zero-order valence-corrected chi connectivity index (χ0v) is 10.3. The van der Waals surface area contributed by atoms with Gasteiger partial charge in [-0.05, 0) is 12.8 Å². The molecular weight excluding hydrogens is 263 g/mol. The number of hydrazine groups is 1. The lowest BCUT2D eigenvalue weighted by Crippen LogP contribution is -2.18. The van der Waals surface area contributed by atoms with Crippen molar-refractivity contribution in [2.24, 2.45) is 5.84 Å². The second-order valence-corrected chi connectivity index (χ2v) is 3.88. The molecule has 0 aliphatic heterocycles. The highest BCUT2D eigenvalue weighted by molar-refractivity contribution is 5.47. The molecule has 0 aromatic carbocycles. The number of anilines is 2. The minimum Gasteiger partial charge on any atom is -0.393 e. The fraction of sp³-hybridized carbons (Fsp3) is 0.600. The molecule has 0 bridgehead atoms.